The zero-order valence-electron chi connectivity index (χ0n) is 32.3. The normalized spacial score (nSPS) is 26.1. The molecule has 6 aromatic carbocycles. The zero-order valence-corrected chi connectivity index (χ0v) is 32.3. The molecule has 5 unspecified atom stereocenters. The molecule has 54 heavy (non-hydrogen) atoms. The number of para-hydroxylation sites is 1. The predicted molar refractivity (Wildman–Crippen MR) is 226 cm³/mol. The highest BCUT2D eigenvalue weighted by molar-refractivity contribution is 5.95. The lowest BCUT2D eigenvalue weighted by atomic mass is 9.59. The number of hydrogen-bond acceptors (Lipinski definition) is 1. The minimum absolute atomic E-state index is 0.0499. The van der Waals surface area contributed by atoms with E-state index < -0.39 is 0 Å². The Balaban J connectivity index is 1.09. The molecule has 1 nitrogen and oxygen atoms in total. The summed E-state index contributed by atoms with van der Waals surface area (Å²) >= 11 is 0. The van der Waals surface area contributed by atoms with E-state index in [2.05, 4.69) is 172 Å². The molecule has 0 heterocycles. The van der Waals surface area contributed by atoms with Gasteiger partial charge in [0.15, 0.2) is 0 Å². The van der Waals surface area contributed by atoms with Gasteiger partial charge in [-0.2, -0.15) is 0 Å². The van der Waals surface area contributed by atoms with E-state index in [-0.39, 0.29) is 16.2 Å². The highest BCUT2D eigenvalue weighted by Crippen LogP contribution is 2.73. The van der Waals surface area contributed by atoms with Crippen molar-refractivity contribution >= 4 is 17.1 Å². The number of nitrogens with zero attached hydrogens (tertiary/aromatic N) is 1. The first-order valence-corrected chi connectivity index (χ1v) is 20.7. The first kappa shape index (κ1) is 32.5. The Morgan fingerprint density at radius 2 is 1.11 bits per heavy atom. The Kier molecular flexibility index (Phi) is 6.97. The molecule has 6 aromatic rings. The standard InChI is InChI=1S/C53H51N/c1-51(2)28-29-52(3,4)50-45(51)21-13-23-48(50)54(47-22-11-9-16-40(47)35-14-6-5-7-15-35)39-26-24-36(25-27-39)41-18-12-20-44-49(41)42-17-8-10-19-43(42)53(44)38-31-34-30-37(33-38)46(53)32-34/h5-27,34,37-38,46H,28-33H2,1-4H3. The summed E-state index contributed by atoms with van der Waals surface area (Å²) in [5.74, 6) is 3.44. The Morgan fingerprint density at radius 3 is 1.93 bits per heavy atom. The molecule has 0 aliphatic heterocycles. The summed E-state index contributed by atoms with van der Waals surface area (Å²) in [4.78, 5) is 2.57. The third kappa shape index (κ3) is 4.45. The lowest BCUT2D eigenvalue weighted by Crippen LogP contribution is -2.40. The fraction of sp³-hybridized carbons (Fsp3) is 0.321. The summed E-state index contributed by atoms with van der Waals surface area (Å²) in [6.45, 7) is 9.78. The largest absolute Gasteiger partial charge is 0.310 e. The van der Waals surface area contributed by atoms with Gasteiger partial charge in [0.25, 0.3) is 0 Å². The minimum atomic E-state index is 0.0499. The van der Waals surface area contributed by atoms with Crippen LogP contribution in [-0.2, 0) is 16.2 Å². The van der Waals surface area contributed by atoms with Crippen LogP contribution in [0.15, 0.2) is 140 Å². The van der Waals surface area contributed by atoms with Gasteiger partial charge < -0.3 is 4.90 Å². The molecule has 4 fully saturated rings. The van der Waals surface area contributed by atoms with Gasteiger partial charge in [0.2, 0.25) is 0 Å². The van der Waals surface area contributed by atoms with Crippen LogP contribution in [0.4, 0.5) is 17.1 Å². The fourth-order valence-corrected chi connectivity index (χ4v) is 12.9. The smallest absolute Gasteiger partial charge is 0.0540 e. The second-order valence-corrected chi connectivity index (χ2v) is 18.7. The molecule has 0 N–H and O–H groups in total. The van der Waals surface area contributed by atoms with E-state index in [9.17, 15) is 0 Å². The molecular weight excluding hydrogens is 651 g/mol. The van der Waals surface area contributed by atoms with Crippen molar-refractivity contribution in [3.63, 3.8) is 0 Å². The van der Waals surface area contributed by atoms with Crippen LogP contribution in [0, 0.1) is 23.7 Å². The van der Waals surface area contributed by atoms with Gasteiger partial charge in [0.05, 0.1) is 11.4 Å². The highest BCUT2D eigenvalue weighted by Gasteiger charge is 2.66. The lowest BCUT2D eigenvalue weighted by Gasteiger charge is -2.44. The zero-order chi connectivity index (χ0) is 36.4. The maximum Gasteiger partial charge on any atom is 0.0540 e. The molecule has 268 valence electrons. The van der Waals surface area contributed by atoms with Crippen molar-refractivity contribution < 1.29 is 0 Å². The van der Waals surface area contributed by atoms with Gasteiger partial charge in [-0.15, -0.1) is 0 Å². The van der Waals surface area contributed by atoms with Gasteiger partial charge in [-0.1, -0.05) is 143 Å². The van der Waals surface area contributed by atoms with Gasteiger partial charge in [-0.25, -0.2) is 0 Å². The number of hydrogen-bond donors (Lipinski definition) is 0. The average Bonchev–Trinajstić information content (AvgIpc) is 3.75. The van der Waals surface area contributed by atoms with Crippen LogP contribution in [0.3, 0.4) is 0 Å². The molecule has 0 amide bonds. The van der Waals surface area contributed by atoms with E-state index in [1.807, 2.05) is 0 Å². The summed E-state index contributed by atoms with van der Waals surface area (Å²) in [5.41, 5.74) is 18.5. The number of rotatable bonds is 5. The topological polar surface area (TPSA) is 3.24 Å². The molecule has 1 heteroatoms. The predicted octanol–water partition coefficient (Wildman–Crippen LogP) is 14.2. The van der Waals surface area contributed by atoms with E-state index in [0.29, 0.717) is 0 Å². The average molecular weight is 702 g/mol. The van der Waals surface area contributed by atoms with Crippen molar-refractivity contribution in [1.29, 1.82) is 0 Å². The summed E-state index contributed by atoms with van der Waals surface area (Å²) in [5, 5.41) is 0. The minimum Gasteiger partial charge on any atom is -0.310 e. The summed E-state index contributed by atoms with van der Waals surface area (Å²) in [6.07, 6.45) is 8.08. The van der Waals surface area contributed by atoms with Crippen LogP contribution in [0.1, 0.15) is 88.5 Å². The summed E-state index contributed by atoms with van der Waals surface area (Å²) in [6, 6.07) is 53.4. The molecule has 4 saturated carbocycles. The van der Waals surface area contributed by atoms with Crippen LogP contribution >= 0.6 is 0 Å². The highest BCUT2D eigenvalue weighted by atomic mass is 15.1. The van der Waals surface area contributed by atoms with Gasteiger partial charge in [0.1, 0.15) is 0 Å². The molecule has 6 aliphatic carbocycles. The van der Waals surface area contributed by atoms with Crippen molar-refractivity contribution in [3.8, 4) is 33.4 Å². The number of fused-ring (bicyclic) bond motifs is 4. The fourth-order valence-electron chi connectivity index (χ4n) is 12.9. The van der Waals surface area contributed by atoms with Crippen molar-refractivity contribution in [2.75, 3.05) is 4.90 Å². The van der Waals surface area contributed by atoms with Gasteiger partial charge in [-0.3, -0.25) is 0 Å². The van der Waals surface area contributed by atoms with Crippen LogP contribution in [0.25, 0.3) is 33.4 Å². The van der Waals surface area contributed by atoms with E-state index in [1.165, 1.54) is 100 Å². The summed E-state index contributed by atoms with van der Waals surface area (Å²) < 4.78 is 0. The van der Waals surface area contributed by atoms with Crippen LogP contribution < -0.4 is 4.90 Å². The van der Waals surface area contributed by atoms with Crippen LogP contribution in [0.5, 0.6) is 0 Å². The van der Waals surface area contributed by atoms with Crippen molar-refractivity contribution in [2.24, 2.45) is 23.7 Å². The van der Waals surface area contributed by atoms with E-state index in [1.54, 1.807) is 11.1 Å². The van der Waals surface area contributed by atoms with Crippen molar-refractivity contribution in [2.45, 2.75) is 82.5 Å². The van der Waals surface area contributed by atoms with E-state index in [4.69, 9.17) is 0 Å². The second-order valence-electron chi connectivity index (χ2n) is 18.7. The summed E-state index contributed by atoms with van der Waals surface area (Å²) in [7, 11) is 0. The quantitative estimate of drug-likeness (QED) is 0.173. The second kappa shape index (κ2) is 11.6. The molecule has 1 spiro atoms. The number of benzene rings is 6. The van der Waals surface area contributed by atoms with Crippen molar-refractivity contribution in [3.05, 3.63) is 162 Å². The van der Waals surface area contributed by atoms with E-state index >= 15 is 0 Å². The Morgan fingerprint density at radius 1 is 0.481 bits per heavy atom. The lowest BCUT2D eigenvalue weighted by molar-refractivity contribution is 0.191. The van der Waals surface area contributed by atoms with Gasteiger partial charge in [0, 0.05) is 16.7 Å². The van der Waals surface area contributed by atoms with Crippen LogP contribution in [-0.4, -0.2) is 0 Å². The van der Waals surface area contributed by atoms with Crippen LogP contribution in [0.2, 0.25) is 0 Å². The van der Waals surface area contributed by atoms with Gasteiger partial charge in [-0.05, 0) is 147 Å². The Hall–Kier alpha value is -4.88. The molecule has 5 atom stereocenters. The molecular formula is C53H51N. The molecule has 0 radical (unpaired) electrons. The maximum absolute atomic E-state index is 2.57. The van der Waals surface area contributed by atoms with Crippen molar-refractivity contribution in [1.82, 2.24) is 0 Å². The molecule has 0 saturated heterocycles. The monoisotopic (exact) mass is 701 g/mol. The third-order valence-corrected chi connectivity index (χ3v) is 15.1. The van der Waals surface area contributed by atoms with E-state index in [0.717, 1.165) is 23.7 Å². The third-order valence-electron chi connectivity index (χ3n) is 15.1. The Bertz CT molecular complexity index is 2430. The van der Waals surface area contributed by atoms with Gasteiger partial charge >= 0.3 is 0 Å². The molecule has 4 bridgehead atoms. The maximum atomic E-state index is 2.57. The first-order valence-electron chi connectivity index (χ1n) is 20.7. The molecule has 12 rings (SSSR count). The molecule has 0 aromatic heterocycles. The first-order chi connectivity index (χ1) is 26.3. The number of anilines is 3. The SMILES string of the molecule is CC1(C)CCC(C)(C)c2c(N(c3ccc(-c4cccc5c4-c4ccccc4C54C5CC6CC(C5)C4C6)cc3)c3ccccc3-c3ccccc3)cccc21. The molecule has 6 aliphatic rings. The Labute approximate surface area is 322 Å².